The number of ether oxygens (including phenoxy) is 1. The number of pyridine rings is 1. The van der Waals surface area contributed by atoms with Crippen molar-refractivity contribution in [1.82, 2.24) is 15.2 Å². The quantitative estimate of drug-likeness (QED) is 0.774. The summed E-state index contributed by atoms with van der Waals surface area (Å²) >= 11 is 0. The number of anilines is 1. The first-order chi connectivity index (χ1) is 8.29. The Balaban J connectivity index is 2.03. The minimum Gasteiger partial charge on any atom is -0.465 e. The van der Waals surface area contributed by atoms with Crippen LogP contribution in [0.3, 0.4) is 0 Å². The molecule has 0 aliphatic heterocycles. The van der Waals surface area contributed by atoms with Crippen LogP contribution in [0.4, 0.5) is 5.82 Å². The molecule has 0 radical (unpaired) electrons. The van der Waals surface area contributed by atoms with Crippen molar-refractivity contribution in [1.29, 1.82) is 0 Å². The summed E-state index contributed by atoms with van der Waals surface area (Å²) in [5.74, 6) is 0.236. The number of hydrogen-bond donors (Lipinski definition) is 2. The fourth-order valence-electron chi connectivity index (χ4n) is 1.34. The van der Waals surface area contributed by atoms with Gasteiger partial charge >= 0.3 is 5.97 Å². The molecule has 0 bridgehead atoms. The number of hydrogen-bond acceptors (Lipinski definition) is 5. The Bertz CT molecular complexity index is 496. The highest BCUT2D eigenvalue weighted by atomic mass is 16.5. The first kappa shape index (κ1) is 11.1. The third kappa shape index (κ3) is 2.81. The molecule has 0 fully saturated rings. The topological polar surface area (TPSA) is 79.9 Å². The molecule has 0 saturated carbocycles. The van der Waals surface area contributed by atoms with E-state index in [1.807, 2.05) is 6.07 Å². The summed E-state index contributed by atoms with van der Waals surface area (Å²) in [6.45, 7) is 0.567. The molecule has 6 heteroatoms. The summed E-state index contributed by atoms with van der Waals surface area (Å²) in [6, 6.07) is 5.10. The van der Waals surface area contributed by atoms with Gasteiger partial charge in [0.2, 0.25) is 0 Å². The first-order valence-corrected chi connectivity index (χ1v) is 5.06. The summed E-state index contributed by atoms with van der Waals surface area (Å²) in [4.78, 5) is 15.4. The normalized spacial score (nSPS) is 9.94. The van der Waals surface area contributed by atoms with Crippen LogP contribution in [-0.4, -0.2) is 28.3 Å². The predicted octanol–water partition coefficient (Wildman–Crippen LogP) is 1.20. The van der Waals surface area contributed by atoms with Crippen LogP contribution >= 0.6 is 0 Å². The molecule has 2 rings (SSSR count). The summed E-state index contributed by atoms with van der Waals surface area (Å²) in [5.41, 5.74) is 1.41. The van der Waals surface area contributed by atoms with Gasteiger partial charge in [-0.05, 0) is 18.2 Å². The Morgan fingerprint density at radius 3 is 3.06 bits per heavy atom. The second-order valence-electron chi connectivity index (χ2n) is 3.36. The summed E-state index contributed by atoms with van der Waals surface area (Å²) in [6.07, 6.45) is 3.23. The maximum Gasteiger partial charge on any atom is 0.338 e. The van der Waals surface area contributed by atoms with Crippen molar-refractivity contribution in [2.45, 2.75) is 6.54 Å². The van der Waals surface area contributed by atoms with Gasteiger partial charge in [0.05, 0.1) is 24.9 Å². The largest absolute Gasteiger partial charge is 0.465 e. The number of nitrogens with one attached hydrogen (secondary N) is 2. The summed E-state index contributed by atoms with van der Waals surface area (Å²) < 4.78 is 4.63. The van der Waals surface area contributed by atoms with Gasteiger partial charge in [-0.25, -0.2) is 9.78 Å². The number of aromatic nitrogens is 3. The van der Waals surface area contributed by atoms with Crippen LogP contribution in [0.15, 0.2) is 30.6 Å². The van der Waals surface area contributed by atoms with E-state index in [0.717, 1.165) is 5.69 Å². The third-order valence-electron chi connectivity index (χ3n) is 2.20. The Morgan fingerprint density at radius 2 is 2.35 bits per heavy atom. The molecule has 0 spiro atoms. The molecule has 0 atom stereocenters. The van der Waals surface area contributed by atoms with Crippen molar-refractivity contribution in [3.63, 3.8) is 0 Å². The van der Waals surface area contributed by atoms with Crippen molar-refractivity contribution in [2.24, 2.45) is 0 Å². The van der Waals surface area contributed by atoms with Gasteiger partial charge in [-0.2, -0.15) is 5.10 Å². The summed E-state index contributed by atoms with van der Waals surface area (Å²) in [7, 11) is 1.35. The van der Waals surface area contributed by atoms with Crippen LogP contribution in [-0.2, 0) is 11.3 Å². The van der Waals surface area contributed by atoms with Gasteiger partial charge in [-0.1, -0.05) is 0 Å². The van der Waals surface area contributed by atoms with Gasteiger partial charge < -0.3 is 10.1 Å². The number of aromatic amines is 1. The van der Waals surface area contributed by atoms with Crippen molar-refractivity contribution in [3.8, 4) is 0 Å². The third-order valence-corrected chi connectivity index (χ3v) is 2.20. The predicted molar refractivity (Wildman–Crippen MR) is 61.5 cm³/mol. The molecule has 0 aliphatic rings. The smallest absolute Gasteiger partial charge is 0.338 e. The molecule has 2 heterocycles. The lowest BCUT2D eigenvalue weighted by Crippen LogP contribution is -2.05. The molecule has 0 aromatic carbocycles. The average Bonchev–Trinajstić information content (AvgIpc) is 2.89. The van der Waals surface area contributed by atoms with E-state index >= 15 is 0 Å². The lowest BCUT2D eigenvalue weighted by atomic mass is 10.2. The molecule has 2 N–H and O–H groups in total. The molecule has 0 amide bonds. The molecule has 0 unspecified atom stereocenters. The second-order valence-corrected chi connectivity index (χ2v) is 3.36. The van der Waals surface area contributed by atoms with E-state index in [1.54, 1.807) is 24.5 Å². The van der Waals surface area contributed by atoms with Crippen molar-refractivity contribution in [3.05, 3.63) is 41.9 Å². The zero-order valence-electron chi connectivity index (χ0n) is 9.30. The first-order valence-electron chi connectivity index (χ1n) is 5.06. The molecule has 0 saturated heterocycles. The number of rotatable bonds is 4. The molecular weight excluding hydrogens is 220 g/mol. The standard InChI is InChI=1S/C11H12N4O2/c1-17-11(16)8-2-4-12-10(6-8)13-7-9-3-5-14-15-9/h2-6H,7H2,1H3,(H,12,13)(H,14,15). The van der Waals surface area contributed by atoms with E-state index in [4.69, 9.17) is 0 Å². The Hall–Kier alpha value is -2.37. The number of H-pyrrole nitrogens is 1. The molecule has 6 nitrogen and oxygen atoms in total. The molecule has 2 aromatic rings. The fraction of sp³-hybridized carbons (Fsp3) is 0.182. The van der Waals surface area contributed by atoms with Gasteiger partial charge in [-0.15, -0.1) is 0 Å². The van der Waals surface area contributed by atoms with Gasteiger partial charge in [-0.3, -0.25) is 5.10 Å². The highest BCUT2D eigenvalue weighted by Gasteiger charge is 2.06. The zero-order chi connectivity index (χ0) is 12.1. The molecule has 17 heavy (non-hydrogen) atoms. The number of carbonyl (C=O) groups excluding carboxylic acids is 1. The van der Waals surface area contributed by atoms with Crippen LogP contribution in [0.1, 0.15) is 16.1 Å². The number of esters is 1. The van der Waals surface area contributed by atoms with E-state index in [1.165, 1.54) is 7.11 Å². The van der Waals surface area contributed by atoms with Crippen LogP contribution in [0.5, 0.6) is 0 Å². The van der Waals surface area contributed by atoms with Crippen LogP contribution < -0.4 is 5.32 Å². The van der Waals surface area contributed by atoms with E-state index in [2.05, 4.69) is 25.2 Å². The van der Waals surface area contributed by atoms with Crippen LogP contribution in [0.25, 0.3) is 0 Å². The molecule has 88 valence electrons. The Labute approximate surface area is 98.0 Å². The SMILES string of the molecule is COC(=O)c1ccnc(NCc2ccn[nH]2)c1. The Kier molecular flexibility index (Phi) is 3.34. The molecule has 0 aliphatic carbocycles. The van der Waals surface area contributed by atoms with E-state index < -0.39 is 0 Å². The van der Waals surface area contributed by atoms with Crippen molar-refractivity contribution >= 4 is 11.8 Å². The number of carbonyl (C=O) groups is 1. The van der Waals surface area contributed by atoms with Gasteiger partial charge in [0.25, 0.3) is 0 Å². The van der Waals surface area contributed by atoms with Gasteiger partial charge in [0.1, 0.15) is 5.82 Å². The fourth-order valence-corrected chi connectivity index (χ4v) is 1.34. The van der Waals surface area contributed by atoms with Crippen molar-refractivity contribution in [2.75, 3.05) is 12.4 Å². The number of methoxy groups -OCH3 is 1. The van der Waals surface area contributed by atoms with E-state index in [0.29, 0.717) is 17.9 Å². The highest BCUT2D eigenvalue weighted by molar-refractivity contribution is 5.89. The zero-order valence-corrected chi connectivity index (χ0v) is 9.30. The van der Waals surface area contributed by atoms with Gasteiger partial charge in [0, 0.05) is 12.4 Å². The average molecular weight is 232 g/mol. The molecular formula is C11H12N4O2. The molecule has 2 aromatic heterocycles. The minimum atomic E-state index is -0.378. The second kappa shape index (κ2) is 5.11. The summed E-state index contributed by atoms with van der Waals surface area (Å²) in [5, 5.41) is 9.73. The van der Waals surface area contributed by atoms with E-state index in [9.17, 15) is 4.79 Å². The maximum absolute atomic E-state index is 11.3. The minimum absolute atomic E-state index is 0.378. The lowest BCUT2D eigenvalue weighted by molar-refractivity contribution is 0.0600. The van der Waals surface area contributed by atoms with Crippen LogP contribution in [0, 0.1) is 0 Å². The Morgan fingerprint density at radius 1 is 1.47 bits per heavy atom. The highest BCUT2D eigenvalue weighted by Crippen LogP contribution is 2.08. The lowest BCUT2D eigenvalue weighted by Gasteiger charge is -2.05. The van der Waals surface area contributed by atoms with Crippen molar-refractivity contribution < 1.29 is 9.53 Å². The maximum atomic E-state index is 11.3. The monoisotopic (exact) mass is 232 g/mol. The number of nitrogens with zero attached hydrogens (tertiary/aromatic N) is 2. The van der Waals surface area contributed by atoms with Gasteiger partial charge in [0.15, 0.2) is 0 Å². The van der Waals surface area contributed by atoms with E-state index in [-0.39, 0.29) is 5.97 Å². The van der Waals surface area contributed by atoms with Crippen LogP contribution in [0.2, 0.25) is 0 Å².